The molecule has 0 radical (unpaired) electrons. The lowest BCUT2D eigenvalue weighted by atomic mass is 9.88. The second-order valence-corrected chi connectivity index (χ2v) is 3.87. The summed E-state index contributed by atoms with van der Waals surface area (Å²) in [5.74, 6) is 0. The second-order valence-electron chi connectivity index (χ2n) is 3.87. The second kappa shape index (κ2) is 5.11. The molecule has 2 nitrogen and oxygen atoms in total. The molecular formula is C12H19NO. The van der Waals surface area contributed by atoms with Gasteiger partial charge in [-0.15, -0.1) is 0 Å². The fourth-order valence-corrected chi connectivity index (χ4v) is 1.74. The zero-order chi connectivity index (χ0) is 10.4. The van der Waals surface area contributed by atoms with Gasteiger partial charge in [0.05, 0.1) is 5.60 Å². The van der Waals surface area contributed by atoms with Gasteiger partial charge >= 0.3 is 0 Å². The van der Waals surface area contributed by atoms with Crippen LogP contribution in [0.4, 0.5) is 0 Å². The van der Waals surface area contributed by atoms with E-state index in [1.807, 2.05) is 25.3 Å². The maximum atomic E-state index is 10.2. The molecule has 0 aliphatic carbocycles. The maximum Gasteiger partial charge on any atom is 0.0685 e. The Morgan fingerprint density at radius 3 is 2.71 bits per heavy atom. The molecule has 1 rings (SSSR count). The first kappa shape index (κ1) is 11.2. The molecule has 0 saturated carbocycles. The van der Waals surface area contributed by atoms with Crippen LogP contribution >= 0.6 is 0 Å². The first-order valence-corrected chi connectivity index (χ1v) is 5.31. The average molecular weight is 193 g/mol. The summed E-state index contributed by atoms with van der Waals surface area (Å²) in [5.41, 5.74) is 0.572. The van der Waals surface area contributed by atoms with E-state index in [9.17, 15) is 5.11 Å². The fourth-order valence-electron chi connectivity index (χ4n) is 1.74. The van der Waals surface area contributed by atoms with Crippen molar-refractivity contribution in [1.82, 2.24) is 4.98 Å². The lowest BCUT2D eigenvalue weighted by Gasteiger charge is -2.26. The summed E-state index contributed by atoms with van der Waals surface area (Å²) in [6.07, 6.45) is 6.98. The minimum atomic E-state index is -0.544. The Morgan fingerprint density at radius 1 is 1.43 bits per heavy atom. The highest BCUT2D eigenvalue weighted by Crippen LogP contribution is 2.22. The summed E-state index contributed by atoms with van der Waals surface area (Å²) in [4.78, 5) is 4.05. The van der Waals surface area contributed by atoms with Crippen molar-refractivity contribution in [2.45, 2.75) is 45.1 Å². The molecule has 0 aliphatic heterocycles. The van der Waals surface area contributed by atoms with Gasteiger partial charge in [0.1, 0.15) is 0 Å². The highest BCUT2D eigenvalue weighted by Gasteiger charge is 2.23. The molecule has 0 spiro atoms. The third-order valence-corrected chi connectivity index (χ3v) is 2.63. The van der Waals surface area contributed by atoms with Crippen molar-refractivity contribution in [1.29, 1.82) is 0 Å². The van der Waals surface area contributed by atoms with Crippen LogP contribution in [0.25, 0.3) is 0 Å². The first-order chi connectivity index (χ1) is 6.70. The fraction of sp³-hybridized carbons (Fsp3) is 0.583. The van der Waals surface area contributed by atoms with Gasteiger partial charge in [0, 0.05) is 18.8 Å². The summed E-state index contributed by atoms with van der Waals surface area (Å²) in [6, 6.07) is 3.93. The van der Waals surface area contributed by atoms with Gasteiger partial charge in [0.2, 0.25) is 0 Å². The number of aliphatic hydroxyl groups is 1. The van der Waals surface area contributed by atoms with Crippen LogP contribution in [0.15, 0.2) is 24.5 Å². The largest absolute Gasteiger partial charge is 0.390 e. The number of nitrogens with zero attached hydrogens (tertiary/aromatic N) is 1. The van der Waals surface area contributed by atoms with Gasteiger partial charge in [-0.05, 0) is 24.5 Å². The molecule has 2 heteroatoms. The van der Waals surface area contributed by atoms with Gasteiger partial charge in [0.15, 0.2) is 0 Å². The Hall–Kier alpha value is -0.890. The molecule has 1 heterocycles. The Bertz CT molecular complexity index is 260. The summed E-state index contributed by atoms with van der Waals surface area (Å²) in [5, 5.41) is 10.2. The highest BCUT2D eigenvalue weighted by molar-refractivity contribution is 5.11. The maximum absolute atomic E-state index is 10.2. The molecule has 78 valence electrons. The van der Waals surface area contributed by atoms with E-state index >= 15 is 0 Å². The summed E-state index contributed by atoms with van der Waals surface area (Å²) in [6.45, 7) is 4.13. The number of hydrogen-bond acceptors (Lipinski definition) is 2. The molecule has 0 bridgehead atoms. The summed E-state index contributed by atoms with van der Waals surface area (Å²) < 4.78 is 0. The van der Waals surface area contributed by atoms with Crippen LogP contribution in [0, 0.1) is 0 Å². The van der Waals surface area contributed by atoms with E-state index in [2.05, 4.69) is 11.9 Å². The number of pyridine rings is 1. The Labute approximate surface area is 86.0 Å². The van der Waals surface area contributed by atoms with Gasteiger partial charge in [-0.2, -0.15) is 0 Å². The van der Waals surface area contributed by atoms with Crippen LogP contribution in [0.1, 0.15) is 38.7 Å². The average Bonchev–Trinajstić information content (AvgIpc) is 2.20. The molecule has 14 heavy (non-hydrogen) atoms. The molecule has 0 aliphatic rings. The first-order valence-electron chi connectivity index (χ1n) is 5.31. The van der Waals surface area contributed by atoms with E-state index in [1.165, 1.54) is 0 Å². The molecule has 1 N–H and O–H groups in total. The van der Waals surface area contributed by atoms with E-state index in [0.717, 1.165) is 24.8 Å². The van der Waals surface area contributed by atoms with Crippen molar-refractivity contribution in [3.63, 3.8) is 0 Å². The highest BCUT2D eigenvalue weighted by atomic mass is 16.3. The topological polar surface area (TPSA) is 33.1 Å². The van der Waals surface area contributed by atoms with Gasteiger partial charge in [-0.3, -0.25) is 4.98 Å². The molecular weight excluding hydrogens is 174 g/mol. The molecule has 0 fully saturated rings. The van der Waals surface area contributed by atoms with E-state index in [-0.39, 0.29) is 0 Å². The number of aromatic nitrogens is 1. The van der Waals surface area contributed by atoms with Gasteiger partial charge in [-0.25, -0.2) is 0 Å². The van der Waals surface area contributed by atoms with Crippen LogP contribution < -0.4 is 0 Å². The standard InChI is InChI=1S/C12H19NO/c1-3-7-12(14,4-2)9-11-6-5-8-13-10-11/h5-6,8,10,14H,3-4,7,9H2,1-2H3. The van der Waals surface area contributed by atoms with Gasteiger partial charge in [0.25, 0.3) is 0 Å². The van der Waals surface area contributed by atoms with Crippen LogP contribution in [0.2, 0.25) is 0 Å². The molecule has 1 aromatic heterocycles. The Balaban J connectivity index is 2.65. The smallest absolute Gasteiger partial charge is 0.0685 e. The molecule has 1 aromatic rings. The van der Waals surface area contributed by atoms with Crippen molar-refractivity contribution in [3.8, 4) is 0 Å². The normalized spacial score (nSPS) is 15.1. The van der Waals surface area contributed by atoms with E-state index in [0.29, 0.717) is 6.42 Å². The minimum Gasteiger partial charge on any atom is -0.390 e. The quantitative estimate of drug-likeness (QED) is 0.779. The monoisotopic (exact) mass is 193 g/mol. The van der Waals surface area contributed by atoms with E-state index in [1.54, 1.807) is 6.20 Å². The van der Waals surface area contributed by atoms with Crippen LogP contribution in [0.5, 0.6) is 0 Å². The van der Waals surface area contributed by atoms with Crippen LogP contribution in [0.3, 0.4) is 0 Å². The predicted molar refractivity (Wildman–Crippen MR) is 58.1 cm³/mol. The Morgan fingerprint density at radius 2 is 2.21 bits per heavy atom. The van der Waals surface area contributed by atoms with Crippen molar-refractivity contribution in [2.75, 3.05) is 0 Å². The Kier molecular flexibility index (Phi) is 4.08. The van der Waals surface area contributed by atoms with Crippen molar-refractivity contribution < 1.29 is 5.11 Å². The zero-order valence-corrected chi connectivity index (χ0v) is 9.03. The van der Waals surface area contributed by atoms with Crippen molar-refractivity contribution in [2.24, 2.45) is 0 Å². The molecule has 0 amide bonds. The van der Waals surface area contributed by atoms with Crippen LogP contribution in [-0.4, -0.2) is 15.7 Å². The lowest BCUT2D eigenvalue weighted by molar-refractivity contribution is 0.0270. The van der Waals surface area contributed by atoms with Crippen molar-refractivity contribution >= 4 is 0 Å². The number of hydrogen-bond donors (Lipinski definition) is 1. The minimum absolute atomic E-state index is 0.544. The molecule has 1 atom stereocenters. The number of rotatable bonds is 5. The summed E-state index contributed by atoms with van der Waals surface area (Å²) in [7, 11) is 0. The molecule has 0 saturated heterocycles. The van der Waals surface area contributed by atoms with Crippen LogP contribution in [-0.2, 0) is 6.42 Å². The molecule has 0 aromatic carbocycles. The van der Waals surface area contributed by atoms with Crippen molar-refractivity contribution in [3.05, 3.63) is 30.1 Å². The predicted octanol–water partition coefficient (Wildman–Crippen LogP) is 2.57. The third-order valence-electron chi connectivity index (χ3n) is 2.63. The van der Waals surface area contributed by atoms with E-state index in [4.69, 9.17) is 0 Å². The zero-order valence-electron chi connectivity index (χ0n) is 9.03. The van der Waals surface area contributed by atoms with E-state index < -0.39 is 5.60 Å². The lowest BCUT2D eigenvalue weighted by Crippen LogP contribution is -2.30. The third kappa shape index (κ3) is 3.11. The van der Waals surface area contributed by atoms with Gasteiger partial charge in [-0.1, -0.05) is 26.3 Å². The SMILES string of the molecule is CCCC(O)(CC)Cc1cccnc1. The molecule has 1 unspecified atom stereocenters. The summed E-state index contributed by atoms with van der Waals surface area (Å²) >= 11 is 0. The van der Waals surface area contributed by atoms with Gasteiger partial charge < -0.3 is 5.11 Å².